The van der Waals surface area contributed by atoms with Gasteiger partial charge in [-0.2, -0.15) is 9.97 Å². The van der Waals surface area contributed by atoms with Crippen molar-refractivity contribution >= 4 is 58.2 Å². The number of fused-ring (bicyclic) bond motifs is 2. The minimum atomic E-state index is -1.21. The summed E-state index contributed by atoms with van der Waals surface area (Å²) in [6.07, 6.45) is 1.61. The average molecular weight is 513 g/mol. The predicted octanol–water partition coefficient (Wildman–Crippen LogP) is 1.13. The number of hydrogen-bond acceptors (Lipinski definition) is 11. The Morgan fingerprint density at radius 2 is 1.97 bits per heavy atom. The van der Waals surface area contributed by atoms with Gasteiger partial charge in [-0.3, -0.25) is 9.59 Å². The fraction of sp³-hybridized carbons (Fsp3) is 0.318. The van der Waals surface area contributed by atoms with Crippen molar-refractivity contribution in [3.8, 4) is 0 Å². The van der Waals surface area contributed by atoms with E-state index in [-0.39, 0.29) is 31.0 Å². The van der Waals surface area contributed by atoms with E-state index in [4.69, 9.17) is 16.6 Å². The standard InChI is InChI=1S/C22H24N8O5S/c23-18-17-19(29-22(24)28-18)25-9-12(26-17)10-30-6-7-36-15-8-11(4-5-14(15)30)20(33)27-13(21(34)35)2-1-3-16(31)32/h4-5,8-9,13H,1-3,6-7,10H2,(H,27,33)(H,31,32)(H,34,35)(H4,23,24,25,28,29)/t13-/m1/s1. The van der Waals surface area contributed by atoms with Gasteiger partial charge in [0.15, 0.2) is 17.0 Å². The summed E-state index contributed by atoms with van der Waals surface area (Å²) in [7, 11) is 0. The van der Waals surface area contributed by atoms with Crippen LogP contribution >= 0.6 is 11.8 Å². The number of benzene rings is 1. The van der Waals surface area contributed by atoms with Crippen LogP contribution in [0.5, 0.6) is 0 Å². The zero-order chi connectivity index (χ0) is 25.8. The summed E-state index contributed by atoms with van der Waals surface area (Å²) in [5.41, 5.74) is 14.1. The zero-order valence-corrected chi connectivity index (χ0v) is 19.9. The summed E-state index contributed by atoms with van der Waals surface area (Å²) in [5, 5.41) is 20.6. The lowest BCUT2D eigenvalue weighted by molar-refractivity contribution is -0.140. The molecule has 14 heteroatoms. The monoisotopic (exact) mass is 512 g/mol. The Kier molecular flexibility index (Phi) is 7.33. The largest absolute Gasteiger partial charge is 0.481 e. The van der Waals surface area contributed by atoms with Gasteiger partial charge >= 0.3 is 11.9 Å². The van der Waals surface area contributed by atoms with E-state index in [2.05, 4.69) is 30.2 Å². The fourth-order valence-electron chi connectivity index (χ4n) is 3.79. The number of rotatable bonds is 9. The third-order valence-electron chi connectivity index (χ3n) is 5.52. The summed E-state index contributed by atoms with van der Waals surface area (Å²) < 4.78 is 0. The minimum Gasteiger partial charge on any atom is -0.481 e. The van der Waals surface area contributed by atoms with Crippen molar-refractivity contribution in [1.29, 1.82) is 0 Å². The van der Waals surface area contributed by atoms with Crippen LogP contribution in [0.25, 0.3) is 11.2 Å². The molecule has 1 aliphatic rings. The molecule has 7 N–H and O–H groups in total. The molecule has 188 valence electrons. The normalized spacial score (nSPS) is 13.7. The first-order valence-electron chi connectivity index (χ1n) is 11.0. The smallest absolute Gasteiger partial charge is 0.326 e. The summed E-state index contributed by atoms with van der Waals surface area (Å²) in [4.78, 5) is 54.7. The maximum atomic E-state index is 12.7. The van der Waals surface area contributed by atoms with Gasteiger partial charge in [0, 0.05) is 29.2 Å². The third-order valence-corrected chi connectivity index (χ3v) is 6.55. The molecule has 1 aromatic carbocycles. The lowest BCUT2D eigenvalue weighted by atomic mass is 10.1. The number of thioether (sulfide) groups is 1. The molecule has 2 aromatic heterocycles. The number of amides is 1. The predicted molar refractivity (Wildman–Crippen MR) is 133 cm³/mol. The molecule has 0 bridgehead atoms. The second kappa shape index (κ2) is 10.6. The van der Waals surface area contributed by atoms with E-state index in [9.17, 15) is 19.5 Å². The second-order valence-electron chi connectivity index (χ2n) is 8.10. The molecular formula is C22H24N8O5S. The van der Waals surface area contributed by atoms with E-state index in [1.807, 2.05) is 6.07 Å². The summed E-state index contributed by atoms with van der Waals surface area (Å²) in [6, 6.07) is 3.99. The van der Waals surface area contributed by atoms with E-state index in [0.29, 0.717) is 29.0 Å². The van der Waals surface area contributed by atoms with Crippen molar-refractivity contribution in [2.45, 2.75) is 36.7 Å². The van der Waals surface area contributed by atoms with Crippen molar-refractivity contribution in [2.24, 2.45) is 0 Å². The average Bonchev–Trinajstić information content (AvgIpc) is 2.83. The molecule has 0 fully saturated rings. The number of anilines is 3. The van der Waals surface area contributed by atoms with E-state index in [1.165, 1.54) is 0 Å². The maximum absolute atomic E-state index is 12.7. The Balaban J connectivity index is 1.49. The number of nitrogens with zero attached hydrogens (tertiary/aromatic N) is 5. The van der Waals surface area contributed by atoms with Crippen LogP contribution in [-0.4, -0.2) is 66.3 Å². The number of nitrogens with one attached hydrogen (secondary N) is 1. The number of hydrogen-bond donors (Lipinski definition) is 5. The van der Waals surface area contributed by atoms with Crippen LogP contribution in [0.3, 0.4) is 0 Å². The molecule has 1 aliphatic heterocycles. The number of carboxylic acids is 2. The van der Waals surface area contributed by atoms with Gasteiger partial charge in [-0.25, -0.2) is 14.8 Å². The Labute approximate surface area is 209 Å². The number of aromatic nitrogens is 4. The van der Waals surface area contributed by atoms with Crippen LogP contribution in [0, 0.1) is 0 Å². The molecule has 0 saturated carbocycles. The minimum absolute atomic E-state index is 0.0236. The molecule has 0 radical (unpaired) electrons. The molecule has 1 atom stereocenters. The van der Waals surface area contributed by atoms with E-state index in [0.717, 1.165) is 22.9 Å². The van der Waals surface area contributed by atoms with Crippen molar-refractivity contribution in [3.05, 3.63) is 35.7 Å². The first-order chi connectivity index (χ1) is 17.2. The molecular weight excluding hydrogens is 488 g/mol. The van der Waals surface area contributed by atoms with Gasteiger partial charge < -0.3 is 31.9 Å². The lowest BCUT2D eigenvalue weighted by Gasteiger charge is -2.31. The van der Waals surface area contributed by atoms with Crippen LogP contribution in [-0.2, 0) is 16.1 Å². The van der Waals surface area contributed by atoms with E-state index in [1.54, 1.807) is 30.1 Å². The van der Waals surface area contributed by atoms with Crippen molar-refractivity contribution in [3.63, 3.8) is 0 Å². The quantitative estimate of drug-likeness (QED) is 0.272. The van der Waals surface area contributed by atoms with E-state index < -0.39 is 23.9 Å². The highest BCUT2D eigenvalue weighted by atomic mass is 32.2. The van der Waals surface area contributed by atoms with Crippen molar-refractivity contribution in [2.75, 3.05) is 28.7 Å². The number of carbonyl (C=O) groups is 3. The molecule has 4 rings (SSSR count). The van der Waals surface area contributed by atoms with Crippen molar-refractivity contribution < 1.29 is 24.6 Å². The molecule has 0 spiro atoms. The fourth-order valence-corrected chi connectivity index (χ4v) is 4.88. The van der Waals surface area contributed by atoms with Crippen LogP contribution < -0.4 is 21.7 Å². The molecule has 0 saturated heterocycles. The van der Waals surface area contributed by atoms with Crippen LogP contribution in [0.2, 0.25) is 0 Å². The Morgan fingerprint density at radius 3 is 2.72 bits per heavy atom. The van der Waals surface area contributed by atoms with Crippen LogP contribution in [0.15, 0.2) is 29.3 Å². The number of carbonyl (C=O) groups excluding carboxylic acids is 1. The molecule has 1 amide bonds. The van der Waals surface area contributed by atoms with Gasteiger partial charge in [-0.05, 0) is 31.0 Å². The highest BCUT2D eigenvalue weighted by Crippen LogP contribution is 2.36. The Bertz CT molecular complexity index is 1340. The number of aliphatic carboxylic acids is 2. The second-order valence-corrected chi connectivity index (χ2v) is 9.24. The molecule has 0 unspecified atom stereocenters. The highest BCUT2D eigenvalue weighted by molar-refractivity contribution is 7.99. The zero-order valence-electron chi connectivity index (χ0n) is 19.0. The van der Waals surface area contributed by atoms with Gasteiger partial charge in [-0.15, -0.1) is 11.8 Å². The van der Waals surface area contributed by atoms with Gasteiger partial charge in [0.05, 0.1) is 24.1 Å². The SMILES string of the molecule is Nc1nc(N)c2nc(CN3CCSc4cc(C(=O)N[C@H](CCCC(=O)O)C(=O)O)ccc43)cnc2n1. The Morgan fingerprint density at radius 1 is 1.17 bits per heavy atom. The lowest BCUT2D eigenvalue weighted by Crippen LogP contribution is -2.40. The number of nitrogens with two attached hydrogens (primary N) is 2. The summed E-state index contributed by atoms with van der Waals surface area (Å²) >= 11 is 1.59. The summed E-state index contributed by atoms with van der Waals surface area (Å²) in [6.45, 7) is 1.18. The first-order valence-corrected chi connectivity index (χ1v) is 12.0. The van der Waals surface area contributed by atoms with Gasteiger partial charge in [-0.1, -0.05) is 0 Å². The number of nitrogen functional groups attached to an aromatic ring is 2. The molecule has 3 heterocycles. The molecule has 36 heavy (non-hydrogen) atoms. The van der Waals surface area contributed by atoms with Crippen molar-refractivity contribution in [1.82, 2.24) is 25.3 Å². The molecule has 0 aliphatic carbocycles. The molecule has 13 nitrogen and oxygen atoms in total. The third kappa shape index (κ3) is 5.71. The van der Waals surface area contributed by atoms with Crippen LogP contribution in [0.1, 0.15) is 35.3 Å². The first kappa shape index (κ1) is 24.9. The topological polar surface area (TPSA) is 211 Å². The highest BCUT2D eigenvalue weighted by Gasteiger charge is 2.24. The van der Waals surface area contributed by atoms with Gasteiger partial charge in [0.25, 0.3) is 5.91 Å². The van der Waals surface area contributed by atoms with E-state index >= 15 is 0 Å². The molecule has 3 aromatic rings. The Hall–Kier alpha value is -4.20. The van der Waals surface area contributed by atoms with Crippen LogP contribution in [0.4, 0.5) is 17.5 Å². The summed E-state index contributed by atoms with van der Waals surface area (Å²) in [5.74, 6) is -1.81. The maximum Gasteiger partial charge on any atom is 0.326 e. The number of carboxylic acid groups (broad SMARTS) is 2. The van der Waals surface area contributed by atoms with Gasteiger partial charge in [0.2, 0.25) is 5.95 Å². The van der Waals surface area contributed by atoms with Gasteiger partial charge in [0.1, 0.15) is 6.04 Å².